The molecular formula is C29H27ClN2O3. The number of likely N-dealkylation sites (tertiary alicyclic amines) is 1. The fourth-order valence-corrected chi connectivity index (χ4v) is 5.05. The summed E-state index contributed by atoms with van der Waals surface area (Å²) in [4.78, 5) is 29.1. The van der Waals surface area contributed by atoms with Gasteiger partial charge in [0, 0.05) is 43.6 Å². The van der Waals surface area contributed by atoms with Crippen LogP contribution < -0.4 is 0 Å². The molecule has 2 aliphatic heterocycles. The van der Waals surface area contributed by atoms with Crippen molar-refractivity contribution < 1.29 is 14.3 Å². The molecule has 5 nitrogen and oxygen atoms in total. The fourth-order valence-electron chi connectivity index (χ4n) is 4.85. The van der Waals surface area contributed by atoms with Gasteiger partial charge in [-0.1, -0.05) is 84.4 Å². The molecule has 0 saturated carbocycles. The number of hydrogen-bond donors (Lipinski definition) is 0. The first-order valence-electron chi connectivity index (χ1n) is 11.9. The Balaban J connectivity index is 1.22. The van der Waals surface area contributed by atoms with Gasteiger partial charge in [-0.05, 0) is 34.4 Å². The lowest BCUT2D eigenvalue weighted by molar-refractivity contribution is -0.129. The molecule has 1 spiro atoms. The number of amides is 2. The minimum atomic E-state index is -0.540. The van der Waals surface area contributed by atoms with Crippen molar-refractivity contribution in [2.75, 3.05) is 19.6 Å². The van der Waals surface area contributed by atoms with Crippen molar-refractivity contribution in [3.63, 3.8) is 0 Å². The summed E-state index contributed by atoms with van der Waals surface area (Å²) in [6, 6.07) is 25.8. The van der Waals surface area contributed by atoms with Crippen molar-refractivity contribution in [2.45, 2.75) is 25.0 Å². The molecule has 6 heteroatoms. The van der Waals surface area contributed by atoms with Gasteiger partial charge in [-0.25, -0.2) is 4.79 Å². The summed E-state index contributed by atoms with van der Waals surface area (Å²) in [5.41, 5.74) is 3.61. The Morgan fingerprint density at radius 1 is 0.943 bits per heavy atom. The quantitative estimate of drug-likeness (QED) is 0.413. The molecule has 35 heavy (non-hydrogen) atoms. The zero-order chi connectivity index (χ0) is 24.3. The van der Waals surface area contributed by atoms with Crippen LogP contribution in [0.1, 0.15) is 24.0 Å². The van der Waals surface area contributed by atoms with Crippen LogP contribution in [0, 0.1) is 0 Å². The van der Waals surface area contributed by atoms with Crippen LogP contribution in [0.4, 0.5) is 4.79 Å². The maximum absolute atomic E-state index is 12.8. The fraction of sp³-hybridized carbons (Fsp3) is 0.241. The highest BCUT2D eigenvalue weighted by Gasteiger charge is 2.47. The number of hydrogen-bond acceptors (Lipinski definition) is 3. The summed E-state index contributed by atoms with van der Waals surface area (Å²) in [5, 5.41) is 0.612. The van der Waals surface area contributed by atoms with Crippen molar-refractivity contribution in [1.82, 2.24) is 9.80 Å². The highest BCUT2D eigenvalue weighted by atomic mass is 35.5. The Labute approximate surface area is 210 Å². The van der Waals surface area contributed by atoms with Gasteiger partial charge >= 0.3 is 6.09 Å². The van der Waals surface area contributed by atoms with Gasteiger partial charge in [-0.2, -0.15) is 0 Å². The second kappa shape index (κ2) is 9.96. The molecular weight excluding hydrogens is 460 g/mol. The van der Waals surface area contributed by atoms with Gasteiger partial charge in [-0.15, -0.1) is 0 Å². The summed E-state index contributed by atoms with van der Waals surface area (Å²) < 4.78 is 5.91. The third-order valence-electron chi connectivity index (χ3n) is 6.80. The van der Waals surface area contributed by atoms with Crippen LogP contribution in [-0.4, -0.2) is 47.0 Å². The predicted octanol–water partition coefficient (Wildman–Crippen LogP) is 6.03. The Morgan fingerprint density at radius 2 is 1.63 bits per heavy atom. The molecule has 0 atom stereocenters. The van der Waals surface area contributed by atoms with Crippen LogP contribution in [0.2, 0.25) is 5.02 Å². The van der Waals surface area contributed by atoms with E-state index < -0.39 is 5.60 Å². The van der Waals surface area contributed by atoms with E-state index in [0.717, 1.165) is 22.3 Å². The Hall–Kier alpha value is -3.57. The molecule has 3 aromatic rings. The third-order valence-corrected chi connectivity index (χ3v) is 7.15. The molecule has 0 radical (unpaired) electrons. The molecule has 5 rings (SSSR count). The summed E-state index contributed by atoms with van der Waals surface area (Å²) in [6.45, 7) is 2.13. The number of carbonyl (C=O) groups is 2. The summed E-state index contributed by atoms with van der Waals surface area (Å²) >= 11 is 6.18. The van der Waals surface area contributed by atoms with Crippen molar-refractivity contribution in [3.8, 4) is 11.1 Å². The van der Waals surface area contributed by atoms with Gasteiger partial charge in [0.25, 0.3) is 0 Å². The van der Waals surface area contributed by atoms with E-state index in [2.05, 4.69) is 24.3 Å². The molecule has 0 N–H and O–H groups in total. The highest BCUT2D eigenvalue weighted by molar-refractivity contribution is 6.32. The summed E-state index contributed by atoms with van der Waals surface area (Å²) in [5.74, 6) is -0.0577. The van der Waals surface area contributed by atoms with E-state index in [1.54, 1.807) is 28.0 Å². The standard InChI is InChI=1S/C29H27ClN2O3/c30-26-13-7-5-10-23(26)14-15-27(33)31-18-16-29(17-19-31)21-32(28(34)35-29)20-24-11-4-6-12-25(24)22-8-2-1-3-9-22/h1-15H,16-21H2. The van der Waals surface area contributed by atoms with E-state index >= 15 is 0 Å². The lowest BCUT2D eigenvalue weighted by Crippen LogP contribution is -2.48. The zero-order valence-corrected chi connectivity index (χ0v) is 20.2. The number of ether oxygens (including phenoxy) is 1. The van der Waals surface area contributed by atoms with E-state index in [1.807, 2.05) is 48.5 Å². The molecule has 0 aliphatic carbocycles. The van der Waals surface area contributed by atoms with Crippen molar-refractivity contribution in [2.24, 2.45) is 0 Å². The molecule has 2 fully saturated rings. The molecule has 0 bridgehead atoms. The molecule has 0 aromatic heterocycles. The van der Waals surface area contributed by atoms with E-state index in [0.29, 0.717) is 44.0 Å². The molecule has 2 amide bonds. The average molecular weight is 487 g/mol. The zero-order valence-electron chi connectivity index (χ0n) is 19.4. The summed E-state index contributed by atoms with van der Waals surface area (Å²) in [7, 11) is 0. The van der Waals surface area contributed by atoms with Gasteiger partial charge in [0.05, 0.1) is 6.54 Å². The van der Waals surface area contributed by atoms with Crippen LogP contribution in [0.5, 0.6) is 0 Å². The maximum Gasteiger partial charge on any atom is 0.410 e. The average Bonchev–Trinajstić information content (AvgIpc) is 3.18. The third kappa shape index (κ3) is 5.10. The minimum Gasteiger partial charge on any atom is -0.441 e. The lowest BCUT2D eigenvalue weighted by atomic mass is 9.91. The molecule has 0 unspecified atom stereocenters. The van der Waals surface area contributed by atoms with Gasteiger partial charge in [0.1, 0.15) is 5.60 Å². The Morgan fingerprint density at radius 3 is 2.40 bits per heavy atom. The van der Waals surface area contributed by atoms with Crippen LogP contribution in [0.15, 0.2) is 84.9 Å². The smallest absolute Gasteiger partial charge is 0.410 e. The SMILES string of the molecule is O=C(C=Cc1ccccc1Cl)N1CCC2(CC1)CN(Cc1ccccc1-c1ccccc1)C(=O)O2. The van der Waals surface area contributed by atoms with Crippen LogP contribution >= 0.6 is 11.6 Å². The number of halogens is 1. The van der Waals surface area contributed by atoms with E-state index in [-0.39, 0.29) is 12.0 Å². The van der Waals surface area contributed by atoms with Crippen molar-refractivity contribution in [1.29, 1.82) is 0 Å². The van der Waals surface area contributed by atoms with Crippen LogP contribution in [0.25, 0.3) is 17.2 Å². The molecule has 2 heterocycles. The molecule has 2 aliphatic rings. The first kappa shape index (κ1) is 23.2. The maximum atomic E-state index is 12.8. The van der Waals surface area contributed by atoms with E-state index in [1.165, 1.54) is 0 Å². The largest absolute Gasteiger partial charge is 0.441 e. The van der Waals surface area contributed by atoms with Gasteiger partial charge in [0.15, 0.2) is 0 Å². The Kier molecular flexibility index (Phi) is 6.60. The number of nitrogens with zero attached hydrogens (tertiary/aromatic N) is 2. The minimum absolute atomic E-state index is 0.0577. The summed E-state index contributed by atoms with van der Waals surface area (Å²) in [6.07, 6.45) is 4.28. The topological polar surface area (TPSA) is 49.9 Å². The van der Waals surface area contributed by atoms with Crippen molar-refractivity contribution >= 4 is 29.7 Å². The first-order valence-corrected chi connectivity index (χ1v) is 12.2. The molecule has 2 saturated heterocycles. The highest BCUT2D eigenvalue weighted by Crippen LogP contribution is 2.35. The number of carbonyl (C=O) groups excluding carboxylic acids is 2. The monoisotopic (exact) mass is 486 g/mol. The number of piperidine rings is 1. The first-order chi connectivity index (χ1) is 17.0. The second-order valence-corrected chi connectivity index (χ2v) is 9.52. The predicted molar refractivity (Wildman–Crippen MR) is 138 cm³/mol. The number of benzene rings is 3. The normalized spacial score (nSPS) is 17.2. The molecule has 178 valence electrons. The second-order valence-electron chi connectivity index (χ2n) is 9.11. The number of rotatable bonds is 5. The molecule has 3 aromatic carbocycles. The Bertz CT molecular complexity index is 1250. The van der Waals surface area contributed by atoms with Crippen molar-refractivity contribution in [3.05, 3.63) is 101 Å². The van der Waals surface area contributed by atoms with Gasteiger partial charge < -0.3 is 9.64 Å². The van der Waals surface area contributed by atoms with Gasteiger partial charge in [-0.3, -0.25) is 9.69 Å². The lowest BCUT2D eigenvalue weighted by Gasteiger charge is -2.37. The van der Waals surface area contributed by atoms with E-state index in [9.17, 15) is 9.59 Å². The van der Waals surface area contributed by atoms with Crippen LogP contribution in [-0.2, 0) is 16.1 Å². The van der Waals surface area contributed by atoms with Gasteiger partial charge in [0.2, 0.25) is 5.91 Å². The van der Waals surface area contributed by atoms with Crippen LogP contribution in [0.3, 0.4) is 0 Å². The van der Waals surface area contributed by atoms with E-state index in [4.69, 9.17) is 16.3 Å².